The van der Waals surface area contributed by atoms with E-state index >= 15 is 0 Å². The molecule has 0 atom stereocenters. The van der Waals surface area contributed by atoms with Crippen LogP contribution in [0, 0.1) is 11.3 Å². The molecule has 0 bridgehead atoms. The molecule has 0 radical (unpaired) electrons. The van der Waals surface area contributed by atoms with Gasteiger partial charge in [0.05, 0.1) is 28.9 Å². The third-order valence-corrected chi connectivity index (χ3v) is 4.37. The number of hydrogen-bond donors (Lipinski definition) is 1. The fourth-order valence-corrected chi connectivity index (χ4v) is 2.89. The average molecular weight is 407 g/mol. The van der Waals surface area contributed by atoms with Crippen LogP contribution in [0.2, 0.25) is 5.02 Å². The van der Waals surface area contributed by atoms with Crippen molar-refractivity contribution < 1.29 is 13.9 Å². The molecule has 0 aliphatic heterocycles. The van der Waals surface area contributed by atoms with Gasteiger partial charge in [0, 0.05) is 12.4 Å². The van der Waals surface area contributed by atoms with Crippen molar-refractivity contribution in [2.24, 2.45) is 0 Å². The van der Waals surface area contributed by atoms with Crippen LogP contribution < -0.4 is 10.1 Å². The summed E-state index contributed by atoms with van der Waals surface area (Å²) >= 11 is 5.96. The molecule has 29 heavy (non-hydrogen) atoms. The van der Waals surface area contributed by atoms with Crippen LogP contribution in [-0.4, -0.2) is 15.3 Å². The van der Waals surface area contributed by atoms with Gasteiger partial charge in [-0.25, -0.2) is 4.98 Å². The van der Waals surface area contributed by atoms with Gasteiger partial charge in [0.2, 0.25) is 0 Å². The molecule has 3 heterocycles. The number of fused-ring (bicyclic) bond motifs is 1. The molecule has 7 nitrogen and oxygen atoms in total. The van der Waals surface area contributed by atoms with Crippen molar-refractivity contribution >= 4 is 23.2 Å². The molecule has 4 rings (SSSR count). The molecule has 0 aliphatic rings. The maximum absolute atomic E-state index is 12.3. The van der Waals surface area contributed by atoms with Crippen LogP contribution in [0.3, 0.4) is 0 Å². The van der Waals surface area contributed by atoms with Gasteiger partial charge in [-0.15, -0.1) is 0 Å². The Morgan fingerprint density at radius 3 is 2.79 bits per heavy atom. The Labute approximate surface area is 171 Å². The molecule has 0 saturated carbocycles. The number of hydrogen-bond acceptors (Lipinski definition) is 5. The van der Waals surface area contributed by atoms with E-state index in [-0.39, 0.29) is 24.8 Å². The average Bonchev–Trinajstić information content (AvgIpc) is 3.37. The molecule has 0 aliphatic carbocycles. The fraction of sp³-hybridized carbons (Fsp3) is 0.0952. The summed E-state index contributed by atoms with van der Waals surface area (Å²) in [7, 11) is 0. The zero-order valence-electron chi connectivity index (χ0n) is 15.1. The van der Waals surface area contributed by atoms with Crippen molar-refractivity contribution in [3.8, 4) is 11.8 Å². The number of imidazole rings is 1. The molecule has 0 unspecified atom stereocenters. The van der Waals surface area contributed by atoms with Gasteiger partial charge in [0.15, 0.2) is 5.76 Å². The quantitative estimate of drug-likeness (QED) is 0.523. The van der Waals surface area contributed by atoms with Crippen LogP contribution in [0.25, 0.3) is 5.65 Å². The molecule has 0 spiro atoms. The SMILES string of the molecule is N#Cc1ccc(OCc2ccc(C(=O)NCc3cn4cc(Cl)ccc4n3)o2)cc1. The Bertz CT molecular complexity index is 1200. The first-order valence-corrected chi connectivity index (χ1v) is 9.11. The second-order valence-electron chi connectivity index (χ2n) is 6.22. The number of pyridine rings is 1. The number of ether oxygens (including phenoxy) is 1. The highest BCUT2D eigenvalue weighted by Gasteiger charge is 2.12. The van der Waals surface area contributed by atoms with Crippen LogP contribution in [0.4, 0.5) is 0 Å². The van der Waals surface area contributed by atoms with Gasteiger partial charge in [-0.3, -0.25) is 4.79 Å². The van der Waals surface area contributed by atoms with Crippen LogP contribution in [0.15, 0.2) is 65.3 Å². The molecule has 1 aromatic carbocycles. The predicted octanol–water partition coefficient (Wildman–Crippen LogP) is 3.96. The monoisotopic (exact) mass is 406 g/mol. The Morgan fingerprint density at radius 1 is 1.17 bits per heavy atom. The molecule has 3 aromatic heterocycles. The fourth-order valence-electron chi connectivity index (χ4n) is 2.72. The highest BCUT2D eigenvalue weighted by atomic mass is 35.5. The maximum atomic E-state index is 12.3. The Hall–Kier alpha value is -3.76. The van der Waals surface area contributed by atoms with E-state index in [1.807, 2.05) is 6.07 Å². The molecule has 0 fully saturated rings. The largest absolute Gasteiger partial charge is 0.486 e. The third kappa shape index (κ3) is 4.39. The maximum Gasteiger partial charge on any atom is 0.287 e. The third-order valence-electron chi connectivity index (χ3n) is 4.14. The lowest BCUT2D eigenvalue weighted by molar-refractivity contribution is 0.0918. The minimum atomic E-state index is -0.343. The van der Waals surface area contributed by atoms with Crippen LogP contribution in [0.5, 0.6) is 5.75 Å². The number of benzene rings is 1. The van der Waals surface area contributed by atoms with Crippen molar-refractivity contribution in [2.45, 2.75) is 13.2 Å². The molecule has 0 saturated heterocycles. The smallest absolute Gasteiger partial charge is 0.287 e. The summed E-state index contributed by atoms with van der Waals surface area (Å²) in [6.45, 7) is 0.433. The lowest BCUT2D eigenvalue weighted by Crippen LogP contribution is -2.22. The van der Waals surface area contributed by atoms with Gasteiger partial charge in [-0.05, 0) is 48.5 Å². The van der Waals surface area contributed by atoms with Gasteiger partial charge < -0.3 is 18.9 Å². The number of amides is 1. The van der Waals surface area contributed by atoms with E-state index in [1.54, 1.807) is 65.3 Å². The van der Waals surface area contributed by atoms with E-state index in [2.05, 4.69) is 10.3 Å². The summed E-state index contributed by atoms with van der Waals surface area (Å²) in [5.74, 6) is 0.972. The standard InChI is InChI=1S/C21H15ClN4O3/c22-15-3-8-20-25-16(12-26(20)11-15)10-24-21(27)19-7-6-18(29-19)13-28-17-4-1-14(9-23)2-5-17/h1-8,11-12H,10,13H2,(H,24,27). The highest BCUT2D eigenvalue weighted by molar-refractivity contribution is 6.30. The topological polar surface area (TPSA) is 92.6 Å². The van der Waals surface area contributed by atoms with E-state index in [4.69, 9.17) is 26.0 Å². The summed E-state index contributed by atoms with van der Waals surface area (Å²) < 4.78 is 12.9. The molecule has 1 amide bonds. The van der Waals surface area contributed by atoms with E-state index in [1.165, 1.54) is 0 Å². The summed E-state index contributed by atoms with van der Waals surface area (Å²) in [4.78, 5) is 16.7. The Morgan fingerprint density at radius 2 is 2.00 bits per heavy atom. The predicted molar refractivity (Wildman–Crippen MR) is 106 cm³/mol. The number of rotatable bonds is 6. The van der Waals surface area contributed by atoms with E-state index in [0.717, 1.165) is 5.65 Å². The van der Waals surface area contributed by atoms with Crippen LogP contribution >= 0.6 is 11.6 Å². The first kappa shape index (κ1) is 18.6. The van der Waals surface area contributed by atoms with Gasteiger partial charge in [0.25, 0.3) is 5.91 Å². The molecular formula is C21H15ClN4O3. The summed E-state index contributed by atoms with van der Waals surface area (Å²) in [5.41, 5.74) is 2.01. The molecule has 1 N–H and O–H groups in total. The van der Waals surface area contributed by atoms with Crippen LogP contribution in [0.1, 0.15) is 27.6 Å². The van der Waals surface area contributed by atoms with E-state index in [0.29, 0.717) is 27.8 Å². The first-order valence-electron chi connectivity index (χ1n) is 8.74. The first-order chi connectivity index (χ1) is 14.1. The van der Waals surface area contributed by atoms with Gasteiger partial charge in [0.1, 0.15) is 23.8 Å². The van der Waals surface area contributed by atoms with Crippen molar-refractivity contribution in [3.05, 3.63) is 88.7 Å². The number of furan rings is 1. The van der Waals surface area contributed by atoms with Crippen molar-refractivity contribution in [1.29, 1.82) is 5.26 Å². The van der Waals surface area contributed by atoms with E-state index in [9.17, 15) is 4.79 Å². The molecule has 8 heteroatoms. The summed E-state index contributed by atoms with van der Waals surface area (Å²) in [5, 5.41) is 12.2. The highest BCUT2D eigenvalue weighted by Crippen LogP contribution is 2.16. The molecular weight excluding hydrogens is 392 g/mol. The van der Waals surface area contributed by atoms with Crippen LogP contribution in [-0.2, 0) is 13.2 Å². The Balaban J connectivity index is 1.33. The van der Waals surface area contributed by atoms with Gasteiger partial charge in [-0.1, -0.05) is 11.6 Å². The van der Waals surface area contributed by atoms with Gasteiger partial charge in [-0.2, -0.15) is 5.26 Å². The minimum Gasteiger partial charge on any atom is -0.486 e. The Kier molecular flexibility index (Phi) is 5.18. The number of nitriles is 1. The van der Waals surface area contributed by atoms with Gasteiger partial charge >= 0.3 is 0 Å². The second-order valence-corrected chi connectivity index (χ2v) is 6.65. The number of nitrogens with zero attached hydrogens (tertiary/aromatic N) is 3. The summed E-state index contributed by atoms with van der Waals surface area (Å²) in [6, 6.07) is 15.6. The molecule has 4 aromatic rings. The zero-order valence-corrected chi connectivity index (χ0v) is 15.9. The lowest BCUT2D eigenvalue weighted by Gasteiger charge is -2.04. The number of carbonyl (C=O) groups is 1. The number of halogens is 1. The van der Waals surface area contributed by atoms with Crippen molar-refractivity contribution in [3.63, 3.8) is 0 Å². The number of carbonyl (C=O) groups excluding carboxylic acids is 1. The second kappa shape index (κ2) is 8.09. The number of nitrogens with one attached hydrogen (secondary N) is 1. The number of aromatic nitrogens is 2. The van der Waals surface area contributed by atoms with Crippen molar-refractivity contribution in [1.82, 2.24) is 14.7 Å². The zero-order chi connectivity index (χ0) is 20.2. The minimum absolute atomic E-state index is 0.173. The van der Waals surface area contributed by atoms with E-state index < -0.39 is 0 Å². The summed E-state index contributed by atoms with van der Waals surface area (Å²) in [6.07, 6.45) is 3.56. The van der Waals surface area contributed by atoms with Crippen molar-refractivity contribution in [2.75, 3.05) is 0 Å². The lowest BCUT2D eigenvalue weighted by atomic mass is 10.2. The normalized spacial score (nSPS) is 10.6. The molecule has 144 valence electrons.